The van der Waals surface area contributed by atoms with Crippen molar-refractivity contribution in [3.05, 3.63) is 65.8 Å². The van der Waals surface area contributed by atoms with E-state index in [1.807, 2.05) is 31.2 Å². The van der Waals surface area contributed by atoms with E-state index in [1.165, 1.54) is 0 Å². The number of alkyl halides is 3. The lowest BCUT2D eigenvalue weighted by molar-refractivity contribution is -0.141. The highest BCUT2D eigenvalue weighted by Gasteiger charge is 2.50. The van der Waals surface area contributed by atoms with Gasteiger partial charge in [-0.1, -0.05) is 55.5 Å². The second kappa shape index (κ2) is 11.9. The van der Waals surface area contributed by atoms with Crippen molar-refractivity contribution in [3.63, 3.8) is 0 Å². The molecule has 1 aromatic rings. The third kappa shape index (κ3) is 6.09. The maximum atomic E-state index is 13.5. The molecule has 1 aromatic carbocycles. The Morgan fingerprint density at radius 1 is 1.19 bits per heavy atom. The van der Waals surface area contributed by atoms with Gasteiger partial charge in [-0.05, 0) is 67.7 Å². The number of fused-ring (bicyclic) bond motifs is 1. The third-order valence-corrected chi connectivity index (χ3v) is 7.20. The van der Waals surface area contributed by atoms with E-state index in [0.29, 0.717) is 43.4 Å². The summed E-state index contributed by atoms with van der Waals surface area (Å²) >= 11 is 0. The van der Waals surface area contributed by atoms with Gasteiger partial charge in [0.25, 0.3) is 0 Å². The van der Waals surface area contributed by atoms with Crippen molar-refractivity contribution in [3.8, 4) is 0 Å². The minimum absolute atomic E-state index is 0.00237. The fourth-order valence-electron chi connectivity index (χ4n) is 5.57. The number of hydrogen-bond donors (Lipinski definition) is 3. The molecule has 196 valence electrons. The summed E-state index contributed by atoms with van der Waals surface area (Å²) in [4.78, 5) is 26.1. The third-order valence-electron chi connectivity index (χ3n) is 7.20. The predicted molar refractivity (Wildman–Crippen MR) is 136 cm³/mol. The molecule has 3 rings (SSSR count). The summed E-state index contributed by atoms with van der Waals surface area (Å²) in [7, 11) is 0. The first kappa shape index (κ1) is 27.7. The molecule has 8 heteroatoms. The number of amides is 2. The van der Waals surface area contributed by atoms with Crippen LogP contribution < -0.4 is 16.4 Å². The van der Waals surface area contributed by atoms with Crippen LogP contribution >= 0.6 is 0 Å². The Balaban J connectivity index is 1.79. The maximum absolute atomic E-state index is 13.5. The Labute approximate surface area is 211 Å². The number of rotatable bonds is 9. The van der Waals surface area contributed by atoms with Crippen molar-refractivity contribution < 1.29 is 22.8 Å². The van der Waals surface area contributed by atoms with Crippen LogP contribution in [-0.2, 0) is 15.0 Å². The number of nitrogens with two attached hydrogens (primary N) is 1. The number of allylic oxidation sites excluding steroid dienone is 4. The highest BCUT2D eigenvalue weighted by molar-refractivity contribution is 6.05. The predicted octanol–water partition coefficient (Wildman–Crippen LogP) is 4.94. The van der Waals surface area contributed by atoms with Crippen LogP contribution in [-0.4, -0.2) is 37.1 Å². The van der Waals surface area contributed by atoms with Gasteiger partial charge in [-0.3, -0.25) is 9.59 Å². The summed E-state index contributed by atoms with van der Waals surface area (Å²) in [5.41, 5.74) is 7.69. The molecule has 0 aromatic heterocycles. The SMILES string of the molecule is C=C/C=C1\C(=C/C)c2ccccc2C1(CCCCNC(=O)C1CCCC(N)C1)C(=O)NCC(F)(F)F. The largest absolute Gasteiger partial charge is 0.405 e. The first-order valence-electron chi connectivity index (χ1n) is 12.6. The Morgan fingerprint density at radius 2 is 1.94 bits per heavy atom. The summed E-state index contributed by atoms with van der Waals surface area (Å²) in [5.74, 6) is -0.760. The molecule has 0 saturated heterocycles. The standard InChI is InChI=1S/C28H36F3N3O2/c1-3-10-23-21(4-2)22-13-5-6-14-24(22)27(23,26(36)34-18-28(29,30)31)15-7-8-16-33-25(35)19-11-9-12-20(32)17-19/h3-6,10,13-14,19-20H,1,7-9,11-12,15-18,32H2,2H3,(H,33,35)(H,34,36)/b21-4-,23-10+. The Bertz CT molecular complexity index is 1030. The van der Waals surface area contributed by atoms with Gasteiger partial charge >= 0.3 is 6.18 Å². The van der Waals surface area contributed by atoms with Gasteiger partial charge in [0.15, 0.2) is 0 Å². The molecule has 0 heterocycles. The molecule has 5 nitrogen and oxygen atoms in total. The summed E-state index contributed by atoms with van der Waals surface area (Å²) < 4.78 is 39.0. The van der Waals surface area contributed by atoms with Crippen LogP contribution in [0.4, 0.5) is 13.2 Å². The van der Waals surface area contributed by atoms with Crippen molar-refractivity contribution in [2.75, 3.05) is 13.1 Å². The quantitative estimate of drug-likeness (QED) is 0.418. The van der Waals surface area contributed by atoms with Gasteiger partial charge in [0, 0.05) is 18.5 Å². The molecule has 4 N–H and O–H groups in total. The molecule has 0 radical (unpaired) electrons. The second-order valence-corrected chi connectivity index (χ2v) is 9.64. The maximum Gasteiger partial charge on any atom is 0.405 e. The molecule has 0 bridgehead atoms. The molecule has 2 aliphatic rings. The summed E-state index contributed by atoms with van der Waals surface area (Å²) in [6.45, 7) is 4.65. The average Bonchev–Trinajstić information content (AvgIpc) is 3.11. The zero-order valence-electron chi connectivity index (χ0n) is 20.8. The highest BCUT2D eigenvalue weighted by atomic mass is 19.4. The monoisotopic (exact) mass is 503 g/mol. The Morgan fingerprint density at radius 3 is 2.61 bits per heavy atom. The van der Waals surface area contributed by atoms with Crippen LogP contribution in [0.25, 0.3) is 5.57 Å². The molecule has 2 amide bonds. The minimum Gasteiger partial charge on any atom is -0.356 e. The van der Waals surface area contributed by atoms with Crippen molar-refractivity contribution in [1.82, 2.24) is 10.6 Å². The zero-order chi connectivity index (χ0) is 26.3. The summed E-state index contributed by atoms with van der Waals surface area (Å²) in [5, 5.41) is 5.11. The molecule has 36 heavy (non-hydrogen) atoms. The van der Waals surface area contributed by atoms with E-state index >= 15 is 0 Å². The van der Waals surface area contributed by atoms with Crippen LogP contribution in [0.1, 0.15) is 63.0 Å². The average molecular weight is 504 g/mol. The lowest BCUT2D eigenvalue weighted by Crippen LogP contribution is -2.47. The molecule has 1 saturated carbocycles. The van der Waals surface area contributed by atoms with E-state index in [-0.39, 0.29) is 17.9 Å². The number of nitrogens with one attached hydrogen (secondary N) is 2. The first-order chi connectivity index (χ1) is 17.1. The topological polar surface area (TPSA) is 84.2 Å². The molecule has 0 spiro atoms. The van der Waals surface area contributed by atoms with Crippen LogP contribution in [0, 0.1) is 5.92 Å². The van der Waals surface area contributed by atoms with Gasteiger partial charge in [0.2, 0.25) is 11.8 Å². The number of carbonyl (C=O) groups is 2. The van der Waals surface area contributed by atoms with E-state index in [2.05, 4.69) is 17.2 Å². The first-order valence-corrected chi connectivity index (χ1v) is 12.6. The molecule has 1 fully saturated rings. The molecular formula is C28H36F3N3O2. The van der Waals surface area contributed by atoms with Crippen LogP contribution in [0.5, 0.6) is 0 Å². The molecular weight excluding hydrogens is 467 g/mol. The van der Waals surface area contributed by atoms with Gasteiger partial charge < -0.3 is 16.4 Å². The van der Waals surface area contributed by atoms with E-state index in [0.717, 1.165) is 30.4 Å². The van der Waals surface area contributed by atoms with Gasteiger partial charge in [0.05, 0.1) is 0 Å². The van der Waals surface area contributed by atoms with Crippen molar-refractivity contribution >= 4 is 17.4 Å². The number of benzene rings is 1. The van der Waals surface area contributed by atoms with Gasteiger partial charge in [-0.15, -0.1) is 0 Å². The van der Waals surface area contributed by atoms with Crippen LogP contribution in [0.3, 0.4) is 0 Å². The second-order valence-electron chi connectivity index (χ2n) is 9.64. The van der Waals surface area contributed by atoms with E-state index < -0.39 is 24.0 Å². The molecule has 0 aliphatic heterocycles. The Hall–Kier alpha value is -2.87. The van der Waals surface area contributed by atoms with Gasteiger partial charge in [-0.25, -0.2) is 0 Å². The zero-order valence-corrected chi connectivity index (χ0v) is 20.8. The lowest BCUT2D eigenvalue weighted by atomic mass is 9.73. The fourth-order valence-corrected chi connectivity index (χ4v) is 5.57. The number of carbonyl (C=O) groups excluding carboxylic acids is 2. The van der Waals surface area contributed by atoms with Crippen molar-refractivity contribution in [1.29, 1.82) is 0 Å². The number of hydrogen-bond acceptors (Lipinski definition) is 3. The lowest BCUT2D eigenvalue weighted by Gasteiger charge is -2.31. The molecule has 3 unspecified atom stereocenters. The summed E-state index contributed by atoms with van der Waals surface area (Å²) in [6, 6.07) is 7.40. The van der Waals surface area contributed by atoms with Gasteiger partial charge in [-0.2, -0.15) is 13.2 Å². The molecule has 3 atom stereocenters. The number of unbranched alkanes of at least 4 members (excludes halogenated alkanes) is 1. The van der Waals surface area contributed by atoms with E-state index in [1.54, 1.807) is 18.2 Å². The minimum atomic E-state index is -4.52. The van der Waals surface area contributed by atoms with E-state index in [4.69, 9.17) is 5.73 Å². The van der Waals surface area contributed by atoms with Crippen molar-refractivity contribution in [2.24, 2.45) is 11.7 Å². The van der Waals surface area contributed by atoms with E-state index in [9.17, 15) is 22.8 Å². The highest BCUT2D eigenvalue weighted by Crippen LogP contribution is 2.52. The number of halogens is 3. The van der Waals surface area contributed by atoms with Crippen LogP contribution in [0.2, 0.25) is 0 Å². The smallest absolute Gasteiger partial charge is 0.356 e. The van der Waals surface area contributed by atoms with Crippen molar-refractivity contribution in [2.45, 2.75) is 69.5 Å². The normalized spacial score (nSPS) is 26.0. The fraction of sp³-hybridized carbons (Fsp3) is 0.500. The van der Waals surface area contributed by atoms with Crippen LogP contribution in [0.15, 0.2) is 54.6 Å². The molecule has 2 aliphatic carbocycles. The van der Waals surface area contributed by atoms with Gasteiger partial charge in [0.1, 0.15) is 12.0 Å². The Kier molecular flexibility index (Phi) is 9.17. The summed E-state index contributed by atoms with van der Waals surface area (Å²) in [6.07, 6.45) is 5.47.